The fourth-order valence-corrected chi connectivity index (χ4v) is 0.991. The van der Waals surface area contributed by atoms with Crippen LogP contribution in [0.1, 0.15) is 23.7 Å². The Labute approximate surface area is 146 Å². The van der Waals surface area contributed by atoms with Crippen molar-refractivity contribution in [2.24, 2.45) is 0 Å². The molecule has 0 saturated heterocycles. The van der Waals surface area contributed by atoms with E-state index in [0.29, 0.717) is 12.2 Å². The molecule has 0 unspecified atom stereocenters. The zero-order valence-electron chi connectivity index (χ0n) is 14.2. The maximum Gasteiger partial charge on any atom is 0.338 e. The highest BCUT2D eigenvalue weighted by atomic mass is 16.5. The molecule has 0 heterocycles. The van der Waals surface area contributed by atoms with Crippen LogP contribution in [-0.4, -0.2) is 87.0 Å². The van der Waals surface area contributed by atoms with Gasteiger partial charge in [-0.25, -0.2) is 4.79 Å². The van der Waals surface area contributed by atoms with Gasteiger partial charge in [0.05, 0.1) is 38.6 Å². The Balaban J connectivity index is 0. The van der Waals surface area contributed by atoms with E-state index in [1.807, 2.05) is 6.92 Å². The molecule has 1 rings (SSSR count). The average molecular weight is 364 g/mol. The molecule has 0 aromatic heterocycles. The SMILES string of the molecule is CCCOC(=O)c1ccc(O)cc1.OCC(O)CO.OCC(O)CO. The summed E-state index contributed by atoms with van der Waals surface area (Å²) in [5.41, 5.74) is 0.464. The minimum atomic E-state index is -0.954. The Morgan fingerprint density at radius 3 is 1.60 bits per heavy atom. The summed E-state index contributed by atoms with van der Waals surface area (Å²) in [6.45, 7) is 0.907. The van der Waals surface area contributed by atoms with Gasteiger partial charge in [-0.05, 0) is 30.7 Å². The topological polar surface area (TPSA) is 168 Å². The van der Waals surface area contributed by atoms with Gasteiger partial charge in [0.2, 0.25) is 0 Å². The van der Waals surface area contributed by atoms with Gasteiger partial charge in [-0.1, -0.05) is 6.92 Å². The van der Waals surface area contributed by atoms with Gasteiger partial charge in [0, 0.05) is 0 Å². The number of phenols is 1. The van der Waals surface area contributed by atoms with Crippen LogP contribution in [0, 0.1) is 0 Å². The molecule has 0 atom stereocenters. The third-order valence-electron chi connectivity index (χ3n) is 2.38. The molecular formula is C16H28O9. The van der Waals surface area contributed by atoms with Crippen molar-refractivity contribution in [1.82, 2.24) is 0 Å². The lowest BCUT2D eigenvalue weighted by molar-refractivity contribution is 0.0450. The number of aromatic hydroxyl groups is 1. The minimum absolute atomic E-state index is 0.145. The first-order valence-electron chi connectivity index (χ1n) is 7.61. The Bertz CT molecular complexity index is 404. The van der Waals surface area contributed by atoms with Crippen molar-refractivity contribution in [3.8, 4) is 5.75 Å². The second-order valence-corrected chi connectivity index (χ2v) is 4.72. The lowest BCUT2D eigenvalue weighted by atomic mass is 10.2. The summed E-state index contributed by atoms with van der Waals surface area (Å²) in [5.74, 6) is -0.200. The smallest absolute Gasteiger partial charge is 0.338 e. The molecular weight excluding hydrogens is 336 g/mol. The first-order chi connectivity index (χ1) is 11.9. The number of phenolic OH excluding ortho intramolecular Hbond substituents is 1. The molecule has 9 heteroatoms. The van der Waals surface area contributed by atoms with Crippen LogP contribution >= 0.6 is 0 Å². The lowest BCUT2D eigenvalue weighted by Gasteiger charge is -2.02. The summed E-state index contributed by atoms with van der Waals surface area (Å²) in [6.07, 6.45) is -1.10. The van der Waals surface area contributed by atoms with E-state index >= 15 is 0 Å². The van der Waals surface area contributed by atoms with Gasteiger partial charge in [0.15, 0.2) is 0 Å². The number of esters is 1. The Hall–Kier alpha value is -1.75. The van der Waals surface area contributed by atoms with Crippen LogP contribution in [0.25, 0.3) is 0 Å². The van der Waals surface area contributed by atoms with E-state index in [9.17, 15) is 4.79 Å². The van der Waals surface area contributed by atoms with Crippen LogP contribution in [0.2, 0.25) is 0 Å². The molecule has 146 valence electrons. The number of rotatable bonds is 7. The number of hydrogen-bond acceptors (Lipinski definition) is 9. The van der Waals surface area contributed by atoms with Crippen molar-refractivity contribution >= 4 is 5.97 Å². The molecule has 0 amide bonds. The molecule has 9 nitrogen and oxygen atoms in total. The summed E-state index contributed by atoms with van der Waals surface area (Å²) in [4.78, 5) is 11.2. The van der Waals surface area contributed by atoms with Gasteiger partial charge in [0.1, 0.15) is 18.0 Å². The van der Waals surface area contributed by atoms with Gasteiger partial charge in [-0.3, -0.25) is 0 Å². The van der Waals surface area contributed by atoms with Gasteiger partial charge < -0.3 is 40.5 Å². The zero-order valence-corrected chi connectivity index (χ0v) is 14.2. The van der Waals surface area contributed by atoms with E-state index in [4.69, 9.17) is 40.5 Å². The maximum absolute atomic E-state index is 11.2. The van der Waals surface area contributed by atoms with Crippen LogP contribution in [-0.2, 0) is 4.74 Å². The maximum atomic E-state index is 11.2. The quantitative estimate of drug-likeness (QED) is 0.288. The average Bonchev–Trinajstić information content (AvgIpc) is 2.66. The van der Waals surface area contributed by atoms with Gasteiger partial charge in [-0.2, -0.15) is 0 Å². The predicted molar refractivity (Wildman–Crippen MR) is 89.0 cm³/mol. The fourth-order valence-electron chi connectivity index (χ4n) is 0.991. The van der Waals surface area contributed by atoms with Gasteiger partial charge in [0.25, 0.3) is 0 Å². The normalized spacial score (nSPS) is 9.80. The first-order valence-corrected chi connectivity index (χ1v) is 7.61. The molecule has 1 aromatic carbocycles. The first kappa shape index (κ1) is 25.5. The van der Waals surface area contributed by atoms with E-state index < -0.39 is 12.2 Å². The van der Waals surface area contributed by atoms with Crippen LogP contribution < -0.4 is 0 Å². The molecule has 0 aliphatic rings. The monoisotopic (exact) mass is 364 g/mol. The Morgan fingerprint density at radius 2 is 1.32 bits per heavy atom. The minimum Gasteiger partial charge on any atom is -0.508 e. The molecule has 25 heavy (non-hydrogen) atoms. The molecule has 1 aromatic rings. The van der Waals surface area contributed by atoms with Crippen LogP contribution in [0.3, 0.4) is 0 Å². The fraction of sp³-hybridized carbons (Fsp3) is 0.562. The highest BCUT2D eigenvalue weighted by Gasteiger charge is 2.05. The van der Waals surface area contributed by atoms with E-state index in [1.54, 1.807) is 0 Å². The van der Waals surface area contributed by atoms with Gasteiger partial charge >= 0.3 is 5.97 Å². The van der Waals surface area contributed by atoms with Crippen molar-refractivity contribution in [1.29, 1.82) is 0 Å². The van der Waals surface area contributed by atoms with Crippen LogP contribution in [0.4, 0.5) is 0 Å². The van der Waals surface area contributed by atoms with Crippen molar-refractivity contribution < 1.29 is 45.3 Å². The number of aliphatic hydroxyl groups excluding tert-OH is 6. The van der Waals surface area contributed by atoms with Crippen molar-refractivity contribution in [3.63, 3.8) is 0 Å². The largest absolute Gasteiger partial charge is 0.508 e. The van der Waals surface area contributed by atoms with Crippen LogP contribution in [0.15, 0.2) is 24.3 Å². The summed E-state index contributed by atoms with van der Waals surface area (Å²) >= 11 is 0. The third-order valence-corrected chi connectivity index (χ3v) is 2.38. The van der Waals surface area contributed by atoms with E-state index in [2.05, 4.69) is 0 Å². The lowest BCUT2D eigenvalue weighted by Crippen LogP contribution is -2.15. The molecule has 0 fully saturated rings. The summed E-state index contributed by atoms with van der Waals surface area (Å²) in [6, 6.07) is 5.99. The molecule has 0 aliphatic heterocycles. The number of ether oxygens (including phenoxy) is 1. The summed E-state index contributed by atoms with van der Waals surface area (Å²) in [5, 5.41) is 57.0. The zero-order chi connectivity index (χ0) is 19.7. The second kappa shape index (κ2) is 17.1. The number of aliphatic hydroxyl groups is 6. The highest BCUT2D eigenvalue weighted by molar-refractivity contribution is 5.89. The molecule has 7 N–H and O–H groups in total. The Kier molecular flexibility index (Phi) is 17.4. The molecule has 0 aliphatic carbocycles. The number of carbonyl (C=O) groups excluding carboxylic acids is 1. The summed E-state index contributed by atoms with van der Waals surface area (Å²) in [7, 11) is 0. The highest BCUT2D eigenvalue weighted by Crippen LogP contribution is 2.10. The van der Waals surface area contributed by atoms with E-state index in [1.165, 1.54) is 24.3 Å². The Morgan fingerprint density at radius 1 is 0.920 bits per heavy atom. The van der Waals surface area contributed by atoms with Crippen LogP contribution in [0.5, 0.6) is 5.75 Å². The number of hydrogen-bond donors (Lipinski definition) is 7. The number of benzene rings is 1. The molecule has 0 spiro atoms. The summed E-state index contributed by atoms with van der Waals surface area (Å²) < 4.78 is 4.90. The van der Waals surface area contributed by atoms with Crippen molar-refractivity contribution in [2.75, 3.05) is 33.0 Å². The molecule has 0 radical (unpaired) electrons. The van der Waals surface area contributed by atoms with Crippen molar-refractivity contribution in [2.45, 2.75) is 25.6 Å². The van der Waals surface area contributed by atoms with Gasteiger partial charge in [-0.15, -0.1) is 0 Å². The standard InChI is InChI=1S/C10H12O3.2C3H8O3/c1-2-7-13-10(12)8-3-5-9(11)6-4-8;2*4-1-3(6)2-5/h3-6,11H,2,7H2,1H3;2*3-6H,1-2H2. The van der Waals surface area contributed by atoms with E-state index in [0.717, 1.165) is 6.42 Å². The number of carbonyl (C=O) groups is 1. The van der Waals surface area contributed by atoms with E-state index in [-0.39, 0.29) is 38.1 Å². The molecule has 0 bridgehead atoms. The third kappa shape index (κ3) is 15.5. The predicted octanol–water partition coefficient (Wildman–Crippen LogP) is -1.38. The second-order valence-electron chi connectivity index (χ2n) is 4.72. The molecule has 0 saturated carbocycles. The van der Waals surface area contributed by atoms with Crippen molar-refractivity contribution in [3.05, 3.63) is 29.8 Å².